The van der Waals surface area contributed by atoms with Gasteiger partial charge in [0.15, 0.2) is 0 Å². The van der Waals surface area contributed by atoms with Gasteiger partial charge in [0.05, 0.1) is 16.5 Å². The molecule has 0 aliphatic heterocycles. The first kappa shape index (κ1) is 15.8. The zero-order chi connectivity index (χ0) is 15.8. The van der Waals surface area contributed by atoms with E-state index in [1.54, 1.807) is 7.05 Å². The second-order valence-electron chi connectivity index (χ2n) is 4.72. The van der Waals surface area contributed by atoms with Gasteiger partial charge in [0.25, 0.3) is 5.56 Å². The molecule has 0 spiro atoms. The lowest BCUT2D eigenvalue weighted by Crippen LogP contribution is -2.33. The number of rotatable bonds is 3. The first-order chi connectivity index (χ1) is 9.74. The SMILES string of the molecule is CNC(C)Cn1c(Cl)nc2ccc(C(F)(F)F)cc2c1=O. The minimum absolute atomic E-state index is 0.0469. The molecule has 114 valence electrons. The second-order valence-corrected chi connectivity index (χ2v) is 5.05. The molecule has 2 aromatic rings. The molecule has 1 aromatic carbocycles. The van der Waals surface area contributed by atoms with Crippen LogP contribution in [-0.4, -0.2) is 22.6 Å². The summed E-state index contributed by atoms with van der Waals surface area (Å²) in [5, 5.41) is 2.78. The van der Waals surface area contributed by atoms with Gasteiger partial charge in [0.2, 0.25) is 5.28 Å². The molecule has 1 unspecified atom stereocenters. The molecular weight excluding hydrogens is 307 g/mol. The first-order valence-electron chi connectivity index (χ1n) is 6.18. The summed E-state index contributed by atoms with van der Waals surface area (Å²) in [6.07, 6.45) is -4.51. The summed E-state index contributed by atoms with van der Waals surface area (Å²) in [6.45, 7) is 2.03. The molecule has 1 heterocycles. The van der Waals surface area contributed by atoms with Crippen molar-refractivity contribution in [1.29, 1.82) is 0 Å². The number of nitrogens with zero attached hydrogens (tertiary/aromatic N) is 2. The van der Waals surface area contributed by atoms with Gasteiger partial charge < -0.3 is 5.32 Å². The van der Waals surface area contributed by atoms with Crippen molar-refractivity contribution in [2.75, 3.05) is 7.05 Å². The summed E-state index contributed by atoms with van der Waals surface area (Å²) in [5.74, 6) is 0. The molecule has 0 amide bonds. The maximum atomic E-state index is 12.7. The Hall–Kier alpha value is -1.60. The number of nitrogens with one attached hydrogen (secondary N) is 1. The predicted molar refractivity (Wildman–Crippen MR) is 74.5 cm³/mol. The summed E-state index contributed by atoms with van der Waals surface area (Å²) in [5.41, 5.74) is -1.33. The zero-order valence-corrected chi connectivity index (χ0v) is 12.1. The van der Waals surface area contributed by atoms with E-state index in [2.05, 4.69) is 10.3 Å². The van der Waals surface area contributed by atoms with Gasteiger partial charge in [-0.3, -0.25) is 9.36 Å². The predicted octanol–water partition coefficient (Wildman–Crippen LogP) is 2.68. The molecule has 1 aromatic heterocycles. The Kier molecular flexibility index (Phi) is 4.25. The van der Waals surface area contributed by atoms with Crippen LogP contribution in [0.25, 0.3) is 10.9 Å². The van der Waals surface area contributed by atoms with E-state index in [0.29, 0.717) is 0 Å². The molecule has 4 nitrogen and oxygen atoms in total. The molecule has 0 fully saturated rings. The van der Waals surface area contributed by atoms with Crippen LogP contribution in [0.15, 0.2) is 23.0 Å². The summed E-state index contributed by atoms with van der Waals surface area (Å²) in [6, 6.07) is 2.76. The Labute approximate surface area is 123 Å². The number of hydrogen-bond donors (Lipinski definition) is 1. The number of likely N-dealkylation sites (N-methyl/N-ethyl adjacent to an activating group) is 1. The van der Waals surface area contributed by atoms with Crippen molar-refractivity contribution in [2.24, 2.45) is 0 Å². The minimum Gasteiger partial charge on any atom is -0.315 e. The van der Waals surface area contributed by atoms with Crippen molar-refractivity contribution in [3.63, 3.8) is 0 Å². The molecule has 0 saturated carbocycles. The third-order valence-corrected chi connectivity index (χ3v) is 3.47. The van der Waals surface area contributed by atoms with Crippen LogP contribution < -0.4 is 10.9 Å². The highest BCUT2D eigenvalue weighted by molar-refractivity contribution is 6.28. The van der Waals surface area contributed by atoms with Gasteiger partial charge in [-0.1, -0.05) is 0 Å². The fourth-order valence-electron chi connectivity index (χ4n) is 1.89. The second kappa shape index (κ2) is 5.65. The lowest BCUT2D eigenvalue weighted by molar-refractivity contribution is -0.137. The van der Waals surface area contributed by atoms with E-state index in [-0.39, 0.29) is 28.8 Å². The molecular formula is C13H13ClF3N3O. The van der Waals surface area contributed by atoms with Gasteiger partial charge in [-0.2, -0.15) is 13.2 Å². The average Bonchev–Trinajstić information content (AvgIpc) is 2.41. The van der Waals surface area contributed by atoms with Crippen molar-refractivity contribution in [1.82, 2.24) is 14.9 Å². The highest BCUT2D eigenvalue weighted by Gasteiger charge is 2.31. The zero-order valence-electron chi connectivity index (χ0n) is 11.3. The Balaban J connectivity index is 2.65. The van der Waals surface area contributed by atoms with Crippen LogP contribution in [0.4, 0.5) is 13.2 Å². The van der Waals surface area contributed by atoms with Gasteiger partial charge in [-0.15, -0.1) is 0 Å². The van der Waals surface area contributed by atoms with Crippen LogP contribution >= 0.6 is 11.6 Å². The normalized spacial score (nSPS) is 13.6. The summed E-state index contributed by atoms with van der Waals surface area (Å²) >= 11 is 5.94. The van der Waals surface area contributed by atoms with Crippen LogP contribution in [0, 0.1) is 0 Å². The van der Waals surface area contributed by atoms with E-state index < -0.39 is 17.3 Å². The van der Waals surface area contributed by atoms with Crippen LogP contribution in [0.2, 0.25) is 5.28 Å². The van der Waals surface area contributed by atoms with E-state index in [1.807, 2.05) is 6.92 Å². The number of fused-ring (bicyclic) bond motifs is 1. The third kappa shape index (κ3) is 3.19. The minimum atomic E-state index is -4.51. The van der Waals surface area contributed by atoms with Crippen molar-refractivity contribution in [2.45, 2.75) is 25.7 Å². The fraction of sp³-hybridized carbons (Fsp3) is 0.385. The van der Waals surface area contributed by atoms with Crippen LogP contribution in [0.3, 0.4) is 0 Å². The van der Waals surface area contributed by atoms with E-state index >= 15 is 0 Å². The molecule has 2 rings (SSSR count). The summed E-state index contributed by atoms with van der Waals surface area (Å²) in [4.78, 5) is 16.3. The lowest BCUT2D eigenvalue weighted by Gasteiger charge is -2.15. The largest absolute Gasteiger partial charge is 0.416 e. The number of halogens is 4. The van der Waals surface area contributed by atoms with Gasteiger partial charge in [0, 0.05) is 12.6 Å². The van der Waals surface area contributed by atoms with E-state index in [0.717, 1.165) is 22.8 Å². The van der Waals surface area contributed by atoms with Crippen molar-refractivity contribution in [3.05, 3.63) is 39.4 Å². The highest BCUT2D eigenvalue weighted by Crippen LogP contribution is 2.30. The Morgan fingerprint density at radius 3 is 2.67 bits per heavy atom. The van der Waals surface area contributed by atoms with Crippen LogP contribution in [-0.2, 0) is 12.7 Å². The Morgan fingerprint density at radius 2 is 2.10 bits per heavy atom. The summed E-state index contributed by atoms with van der Waals surface area (Å²) in [7, 11) is 1.71. The maximum absolute atomic E-state index is 12.7. The lowest BCUT2D eigenvalue weighted by atomic mass is 10.1. The smallest absolute Gasteiger partial charge is 0.315 e. The van der Waals surface area contributed by atoms with E-state index in [1.165, 1.54) is 0 Å². The molecule has 21 heavy (non-hydrogen) atoms. The van der Waals surface area contributed by atoms with E-state index in [9.17, 15) is 18.0 Å². The number of benzene rings is 1. The first-order valence-corrected chi connectivity index (χ1v) is 6.56. The van der Waals surface area contributed by atoms with E-state index in [4.69, 9.17) is 11.6 Å². The standard InChI is InChI=1S/C13H13ClF3N3O/c1-7(18-2)6-20-11(21)9-5-8(13(15,16)17)3-4-10(9)19-12(20)14/h3-5,7,18H,6H2,1-2H3. The summed E-state index contributed by atoms with van der Waals surface area (Å²) < 4.78 is 39.3. The topological polar surface area (TPSA) is 46.9 Å². The quantitative estimate of drug-likeness (QED) is 0.885. The maximum Gasteiger partial charge on any atom is 0.416 e. The number of aromatic nitrogens is 2. The molecule has 0 bridgehead atoms. The fourth-order valence-corrected chi connectivity index (χ4v) is 2.13. The van der Waals surface area contributed by atoms with Crippen LogP contribution in [0.1, 0.15) is 12.5 Å². The molecule has 0 aliphatic rings. The molecule has 1 N–H and O–H groups in total. The van der Waals surface area contributed by atoms with Gasteiger partial charge >= 0.3 is 6.18 Å². The van der Waals surface area contributed by atoms with Gasteiger partial charge in [-0.25, -0.2) is 4.98 Å². The molecule has 0 saturated heterocycles. The molecule has 8 heteroatoms. The number of alkyl halides is 3. The van der Waals surface area contributed by atoms with Crippen molar-refractivity contribution < 1.29 is 13.2 Å². The Bertz CT molecular complexity index is 727. The molecule has 1 atom stereocenters. The van der Waals surface area contributed by atoms with Gasteiger partial charge in [0.1, 0.15) is 0 Å². The molecule has 0 radical (unpaired) electrons. The van der Waals surface area contributed by atoms with Crippen molar-refractivity contribution >= 4 is 22.5 Å². The van der Waals surface area contributed by atoms with Gasteiger partial charge in [-0.05, 0) is 43.8 Å². The van der Waals surface area contributed by atoms with Crippen molar-refractivity contribution in [3.8, 4) is 0 Å². The average molecular weight is 320 g/mol. The highest BCUT2D eigenvalue weighted by atomic mass is 35.5. The monoisotopic (exact) mass is 319 g/mol. The number of hydrogen-bond acceptors (Lipinski definition) is 3. The Morgan fingerprint density at radius 1 is 1.43 bits per heavy atom. The van der Waals surface area contributed by atoms with Crippen LogP contribution in [0.5, 0.6) is 0 Å². The third-order valence-electron chi connectivity index (χ3n) is 3.18. The molecule has 0 aliphatic carbocycles.